The van der Waals surface area contributed by atoms with Crippen LogP contribution >= 0.6 is 0 Å². The molecule has 0 radical (unpaired) electrons. The number of hydrogen-bond donors (Lipinski definition) is 3. The number of nitrogens with one attached hydrogen (secondary N) is 1. The zero-order chi connectivity index (χ0) is 21.5. The Kier molecular flexibility index (Phi) is 5.09. The van der Waals surface area contributed by atoms with Crippen molar-refractivity contribution < 1.29 is 23.8 Å². The van der Waals surface area contributed by atoms with Crippen LogP contribution in [-0.2, 0) is 9.53 Å². The lowest BCUT2D eigenvalue weighted by atomic mass is 9.94. The van der Waals surface area contributed by atoms with Crippen molar-refractivity contribution >= 4 is 22.8 Å². The minimum atomic E-state index is -1.56. The number of amides is 2. The summed E-state index contributed by atoms with van der Waals surface area (Å²) in [5, 5.41) is 12.7. The second kappa shape index (κ2) is 7.59. The smallest absolute Gasteiger partial charge is 0.256 e. The predicted molar refractivity (Wildman–Crippen MR) is 112 cm³/mol. The maximum atomic E-state index is 12.9. The molecule has 7 nitrogen and oxygen atoms in total. The second-order valence-corrected chi connectivity index (χ2v) is 7.91. The van der Waals surface area contributed by atoms with E-state index in [9.17, 15) is 14.7 Å². The SMILES string of the molecule is Cc1oc2ccc(-c3ccc(C4COC4)cc3)cc2c1C(=O)N[C@@](C)(CO)C(N)=O. The molecule has 156 valence electrons. The minimum absolute atomic E-state index is 0.316. The first-order valence-electron chi connectivity index (χ1n) is 9.77. The summed E-state index contributed by atoms with van der Waals surface area (Å²) in [5.41, 5.74) is 7.86. The molecule has 0 bridgehead atoms. The first-order valence-corrected chi connectivity index (χ1v) is 9.77. The number of carbonyl (C=O) groups excluding carboxylic acids is 2. The number of furan rings is 1. The first kappa shape index (κ1) is 20.1. The van der Waals surface area contributed by atoms with Crippen molar-refractivity contribution in [1.82, 2.24) is 5.32 Å². The van der Waals surface area contributed by atoms with Crippen molar-refractivity contribution in [3.63, 3.8) is 0 Å². The highest BCUT2D eigenvalue weighted by molar-refractivity contribution is 6.09. The predicted octanol–water partition coefficient (Wildman–Crippen LogP) is 2.49. The number of aliphatic hydroxyl groups excluding tert-OH is 1. The van der Waals surface area contributed by atoms with Gasteiger partial charge in [0, 0.05) is 11.3 Å². The lowest BCUT2D eigenvalue weighted by Gasteiger charge is -2.26. The summed E-state index contributed by atoms with van der Waals surface area (Å²) in [6.45, 7) is 3.98. The highest BCUT2D eigenvalue weighted by Crippen LogP contribution is 2.32. The van der Waals surface area contributed by atoms with E-state index in [0.29, 0.717) is 28.2 Å². The van der Waals surface area contributed by atoms with E-state index in [4.69, 9.17) is 14.9 Å². The van der Waals surface area contributed by atoms with E-state index in [0.717, 1.165) is 24.3 Å². The van der Waals surface area contributed by atoms with E-state index < -0.39 is 24.0 Å². The van der Waals surface area contributed by atoms with Crippen LogP contribution in [0.4, 0.5) is 0 Å². The molecule has 1 atom stereocenters. The van der Waals surface area contributed by atoms with Gasteiger partial charge in [-0.1, -0.05) is 30.3 Å². The number of hydrogen-bond acceptors (Lipinski definition) is 5. The number of aryl methyl sites for hydroxylation is 1. The zero-order valence-corrected chi connectivity index (χ0v) is 16.9. The van der Waals surface area contributed by atoms with Crippen LogP contribution in [0, 0.1) is 6.92 Å². The van der Waals surface area contributed by atoms with Gasteiger partial charge in [-0.3, -0.25) is 9.59 Å². The third-order valence-electron chi connectivity index (χ3n) is 5.69. The fourth-order valence-corrected chi connectivity index (χ4v) is 3.55. The Morgan fingerprint density at radius 3 is 2.40 bits per heavy atom. The van der Waals surface area contributed by atoms with Crippen molar-refractivity contribution in [3.05, 3.63) is 59.4 Å². The molecule has 2 aromatic carbocycles. The molecule has 1 saturated heterocycles. The van der Waals surface area contributed by atoms with Crippen molar-refractivity contribution in [2.45, 2.75) is 25.3 Å². The average molecular weight is 408 g/mol. The molecule has 1 aromatic heterocycles. The minimum Gasteiger partial charge on any atom is -0.461 e. The van der Waals surface area contributed by atoms with Gasteiger partial charge in [-0.15, -0.1) is 0 Å². The molecule has 4 rings (SSSR count). The molecule has 3 aromatic rings. The zero-order valence-electron chi connectivity index (χ0n) is 16.9. The Morgan fingerprint density at radius 1 is 1.17 bits per heavy atom. The van der Waals surface area contributed by atoms with Crippen molar-refractivity contribution in [2.24, 2.45) is 5.73 Å². The molecule has 1 aliphatic rings. The number of nitrogens with two attached hydrogens (primary N) is 1. The van der Waals surface area contributed by atoms with Crippen LogP contribution in [0.15, 0.2) is 46.9 Å². The molecule has 1 fully saturated rings. The molecule has 7 heteroatoms. The lowest BCUT2D eigenvalue weighted by Crippen LogP contribution is -2.57. The normalized spacial score (nSPS) is 16.1. The third kappa shape index (κ3) is 3.46. The van der Waals surface area contributed by atoms with Crippen molar-refractivity contribution in [3.8, 4) is 11.1 Å². The quantitative estimate of drug-likeness (QED) is 0.580. The Labute approximate surface area is 173 Å². The Hall–Kier alpha value is -3.16. The maximum absolute atomic E-state index is 12.9. The monoisotopic (exact) mass is 408 g/mol. The van der Waals surface area contributed by atoms with Gasteiger partial charge in [0.2, 0.25) is 5.91 Å². The highest BCUT2D eigenvalue weighted by atomic mass is 16.5. The number of primary amides is 1. The number of aliphatic hydroxyl groups is 1. The highest BCUT2D eigenvalue weighted by Gasteiger charge is 2.34. The molecule has 0 spiro atoms. The van der Waals surface area contributed by atoms with Crippen LogP contribution in [-0.4, -0.2) is 42.3 Å². The topological polar surface area (TPSA) is 115 Å². The molecule has 0 aliphatic carbocycles. The molecular formula is C23H24N2O5. The summed E-state index contributed by atoms with van der Waals surface area (Å²) >= 11 is 0. The third-order valence-corrected chi connectivity index (χ3v) is 5.69. The van der Waals surface area contributed by atoms with Gasteiger partial charge in [0.25, 0.3) is 5.91 Å². The molecule has 1 aliphatic heterocycles. The molecule has 30 heavy (non-hydrogen) atoms. The van der Waals surface area contributed by atoms with Crippen LogP contribution in [0.5, 0.6) is 0 Å². The van der Waals surface area contributed by atoms with Gasteiger partial charge in [-0.05, 0) is 42.7 Å². The lowest BCUT2D eigenvalue weighted by molar-refractivity contribution is -0.124. The number of fused-ring (bicyclic) bond motifs is 1. The fraction of sp³-hybridized carbons (Fsp3) is 0.304. The Bertz CT molecular complexity index is 1110. The van der Waals surface area contributed by atoms with Gasteiger partial charge >= 0.3 is 0 Å². The van der Waals surface area contributed by atoms with Gasteiger partial charge in [-0.2, -0.15) is 0 Å². The van der Waals surface area contributed by atoms with Gasteiger partial charge in [0.15, 0.2) is 0 Å². The Balaban J connectivity index is 1.69. The molecule has 4 N–H and O–H groups in total. The molecule has 0 unspecified atom stereocenters. The fourth-order valence-electron chi connectivity index (χ4n) is 3.55. The first-order chi connectivity index (χ1) is 14.3. The summed E-state index contributed by atoms with van der Waals surface area (Å²) in [6.07, 6.45) is 0. The molecule has 0 saturated carbocycles. The summed E-state index contributed by atoms with van der Waals surface area (Å²) in [7, 11) is 0. The van der Waals surface area contributed by atoms with Crippen LogP contribution in [0.1, 0.15) is 34.5 Å². The van der Waals surface area contributed by atoms with Crippen LogP contribution < -0.4 is 11.1 Å². The molecule has 2 amide bonds. The summed E-state index contributed by atoms with van der Waals surface area (Å²) < 4.78 is 11.0. The summed E-state index contributed by atoms with van der Waals surface area (Å²) in [4.78, 5) is 24.6. The van der Waals surface area contributed by atoms with E-state index in [1.807, 2.05) is 18.2 Å². The van der Waals surface area contributed by atoms with Crippen molar-refractivity contribution in [2.75, 3.05) is 19.8 Å². The summed E-state index contributed by atoms with van der Waals surface area (Å²) in [6, 6.07) is 14.0. The van der Waals surface area contributed by atoms with E-state index in [-0.39, 0.29) is 0 Å². The van der Waals surface area contributed by atoms with E-state index >= 15 is 0 Å². The largest absolute Gasteiger partial charge is 0.461 e. The van der Waals surface area contributed by atoms with Gasteiger partial charge in [0.05, 0.1) is 25.4 Å². The van der Waals surface area contributed by atoms with Gasteiger partial charge in [0.1, 0.15) is 16.9 Å². The second-order valence-electron chi connectivity index (χ2n) is 7.91. The van der Waals surface area contributed by atoms with Crippen LogP contribution in [0.3, 0.4) is 0 Å². The standard InChI is InChI=1S/C23H24N2O5/c1-13-20(21(27)25-23(2,12-26)22(24)28)18-9-16(7-8-19(18)30-13)14-3-5-15(6-4-14)17-10-29-11-17/h3-9,17,26H,10-12H2,1-2H3,(H2,24,28)(H,25,27)/t23-/m0/s1. The number of ether oxygens (including phenoxy) is 1. The van der Waals surface area contributed by atoms with Crippen LogP contribution in [0.2, 0.25) is 0 Å². The van der Waals surface area contributed by atoms with Crippen molar-refractivity contribution in [1.29, 1.82) is 0 Å². The number of carbonyl (C=O) groups is 2. The molecule has 2 heterocycles. The van der Waals surface area contributed by atoms with E-state index in [2.05, 4.69) is 29.6 Å². The number of rotatable bonds is 6. The van der Waals surface area contributed by atoms with E-state index in [1.165, 1.54) is 12.5 Å². The van der Waals surface area contributed by atoms with E-state index in [1.54, 1.807) is 6.92 Å². The summed E-state index contributed by atoms with van der Waals surface area (Å²) in [5.74, 6) is -0.468. The molecular weight excluding hydrogens is 384 g/mol. The van der Waals surface area contributed by atoms with Gasteiger partial charge < -0.3 is 25.3 Å². The maximum Gasteiger partial charge on any atom is 0.256 e. The van der Waals surface area contributed by atoms with Crippen LogP contribution in [0.25, 0.3) is 22.1 Å². The average Bonchev–Trinajstić information content (AvgIpc) is 3.02. The van der Waals surface area contributed by atoms with Gasteiger partial charge in [-0.25, -0.2) is 0 Å². The number of benzene rings is 2. The Morgan fingerprint density at radius 2 is 1.83 bits per heavy atom.